The number of benzene rings is 1. The van der Waals surface area contributed by atoms with Crippen LogP contribution in [0.1, 0.15) is 31.4 Å². The second-order valence-electron chi connectivity index (χ2n) is 5.10. The summed E-state index contributed by atoms with van der Waals surface area (Å²) in [5, 5.41) is 3.35. The van der Waals surface area contributed by atoms with Crippen LogP contribution in [-0.4, -0.2) is 23.6 Å². The van der Waals surface area contributed by atoms with Gasteiger partial charge >= 0.3 is 0 Å². The molecule has 5 heteroatoms. The number of aromatic nitrogens is 2. The Labute approximate surface area is 138 Å². The van der Waals surface area contributed by atoms with Gasteiger partial charge < -0.3 is 10.1 Å². The molecular formula is C16H18IN3O. The molecule has 1 N–H and O–H groups in total. The lowest BCUT2D eigenvalue weighted by Gasteiger charge is -2.13. The van der Waals surface area contributed by atoms with E-state index in [-0.39, 0.29) is 0 Å². The molecule has 1 fully saturated rings. The lowest BCUT2D eigenvalue weighted by Crippen LogP contribution is -2.08. The number of halogens is 1. The van der Waals surface area contributed by atoms with Crippen molar-refractivity contribution in [1.29, 1.82) is 0 Å². The van der Waals surface area contributed by atoms with Crippen molar-refractivity contribution >= 4 is 28.4 Å². The minimum atomic E-state index is 0.589. The van der Waals surface area contributed by atoms with Gasteiger partial charge in [-0.15, -0.1) is 0 Å². The first-order valence-corrected chi connectivity index (χ1v) is 8.27. The van der Waals surface area contributed by atoms with E-state index in [1.165, 1.54) is 18.5 Å². The van der Waals surface area contributed by atoms with Crippen LogP contribution in [0.25, 0.3) is 11.4 Å². The molecule has 0 spiro atoms. The first-order valence-electron chi connectivity index (χ1n) is 7.19. The molecule has 0 bridgehead atoms. The molecule has 1 aliphatic carbocycles. The van der Waals surface area contributed by atoms with Crippen molar-refractivity contribution in [1.82, 2.24) is 9.97 Å². The van der Waals surface area contributed by atoms with Gasteiger partial charge in [0.2, 0.25) is 0 Å². The summed E-state index contributed by atoms with van der Waals surface area (Å²) in [6.45, 7) is 2.93. The molecule has 1 aliphatic rings. The Morgan fingerprint density at radius 1 is 1.29 bits per heavy atom. The Balaban J connectivity index is 2.13. The van der Waals surface area contributed by atoms with Crippen molar-refractivity contribution in [2.24, 2.45) is 0 Å². The Kier molecular flexibility index (Phi) is 4.28. The fourth-order valence-electron chi connectivity index (χ4n) is 2.33. The second-order valence-corrected chi connectivity index (χ2v) is 6.18. The maximum Gasteiger partial charge on any atom is 0.165 e. The van der Waals surface area contributed by atoms with Crippen molar-refractivity contribution in [2.75, 3.05) is 19.0 Å². The van der Waals surface area contributed by atoms with Crippen LogP contribution in [0.5, 0.6) is 5.75 Å². The van der Waals surface area contributed by atoms with Crippen LogP contribution < -0.4 is 10.1 Å². The Morgan fingerprint density at radius 2 is 2.05 bits per heavy atom. The molecule has 1 saturated carbocycles. The van der Waals surface area contributed by atoms with Gasteiger partial charge in [0.1, 0.15) is 11.6 Å². The van der Waals surface area contributed by atoms with Gasteiger partial charge in [0.05, 0.1) is 21.9 Å². The number of nitrogens with zero attached hydrogens (tertiary/aromatic N) is 2. The van der Waals surface area contributed by atoms with Gasteiger partial charge in [-0.2, -0.15) is 0 Å². The number of anilines is 1. The molecule has 3 rings (SSSR count). The summed E-state index contributed by atoms with van der Waals surface area (Å²) in [4.78, 5) is 9.52. The van der Waals surface area contributed by atoms with Gasteiger partial charge in [-0.1, -0.05) is 12.1 Å². The summed E-state index contributed by atoms with van der Waals surface area (Å²) >= 11 is 2.35. The average molecular weight is 395 g/mol. The standard InChI is InChI=1S/C16H18IN3O/c1-3-18-16-13(17)14(10-8-9-10)19-15(20-16)11-6-4-5-7-12(11)21-2/h4-7,10H,3,8-9H2,1-2H3,(H,18,19,20). The van der Waals surface area contributed by atoms with Crippen LogP contribution in [0.4, 0.5) is 5.82 Å². The van der Waals surface area contributed by atoms with Crippen molar-refractivity contribution in [3.05, 3.63) is 33.5 Å². The van der Waals surface area contributed by atoms with Crippen LogP contribution in [0, 0.1) is 3.57 Å². The highest BCUT2D eigenvalue weighted by atomic mass is 127. The molecule has 1 heterocycles. The van der Waals surface area contributed by atoms with E-state index in [2.05, 4.69) is 34.8 Å². The van der Waals surface area contributed by atoms with Crippen LogP contribution in [-0.2, 0) is 0 Å². The van der Waals surface area contributed by atoms with Gasteiger partial charge in [-0.05, 0) is 54.5 Å². The number of ether oxygens (including phenoxy) is 1. The molecule has 0 radical (unpaired) electrons. The molecule has 0 saturated heterocycles. The zero-order valence-electron chi connectivity index (χ0n) is 12.2. The lowest BCUT2D eigenvalue weighted by molar-refractivity contribution is 0.416. The van der Waals surface area contributed by atoms with Gasteiger partial charge in [0.15, 0.2) is 5.82 Å². The molecule has 4 nitrogen and oxygen atoms in total. The van der Waals surface area contributed by atoms with Gasteiger partial charge in [-0.3, -0.25) is 0 Å². The predicted octanol–water partition coefficient (Wildman–Crippen LogP) is 4.07. The number of hydrogen-bond donors (Lipinski definition) is 1. The number of rotatable bonds is 5. The molecule has 0 unspecified atom stereocenters. The van der Waals surface area contributed by atoms with E-state index >= 15 is 0 Å². The van der Waals surface area contributed by atoms with Crippen molar-refractivity contribution in [3.8, 4) is 17.1 Å². The van der Waals surface area contributed by atoms with Gasteiger partial charge in [0, 0.05) is 12.5 Å². The van der Waals surface area contributed by atoms with E-state index in [4.69, 9.17) is 14.7 Å². The number of hydrogen-bond acceptors (Lipinski definition) is 4. The fraction of sp³-hybridized carbons (Fsp3) is 0.375. The van der Waals surface area contributed by atoms with Gasteiger partial charge in [-0.25, -0.2) is 9.97 Å². The maximum absolute atomic E-state index is 5.44. The Morgan fingerprint density at radius 3 is 2.71 bits per heavy atom. The molecule has 0 amide bonds. The summed E-state index contributed by atoms with van der Waals surface area (Å²) < 4.78 is 6.59. The highest BCUT2D eigenvalue weighted by molar-refractivity contribution is 14.1. The zero-order chi connectivity index (χ0) is 14.8. The first kappa shape index (κ1) is 14.6. The third kappa shape index (κ3) is 2.97. The Hall–Kier alpha value is -1.37. The van der Waals surface area contributed by atoms with Crippen LogP contribution >= 0.6 is 22.6 Å². The van der Waals surface area contributed by atoms with E-state index in [0.717, 1.165) is 33.1 Å². The predicted molar refractivity (Wildman–Crippen MR) is 92.9 cm³/mol. The summed E-state index contributed by atoms with van der Waals surface area (Å²) in [5.74, 6) is 3.07. The van der Waals surface area contributed by atoms with E-state index in [1.54, 1.807) is 7.11 Å². The largest absolute Gasteiger partial charge is 0.496 e. The van der Waals surface area contributed by atoms with Gasteiger partial charge in [0.25, 0.3) is 0 Å². The molecule has 110 valence electrons. The first-order chi connectivity index (χ1) is 10.2. The summed E-state index contributed by atoms with van der Waals surface area (Å²) in [6, 6.07) is 7.90. The van der Waals surface area contributed by atoms with Crippen molar-refractivity contribution in [3.63, 3.8) is 0 Å². The number of methoxy groups -OCH3 is 1. The highest BCUT2D eigenvalue weighted by Gasteiger charge is 2.29. The SMILES string of the molecule is CCNc1nc(-c2ccccc2OC)nc(C2CC2)c1I. The van der Waals surface area contributed by atoms with E-state index in [9.17, 15) is 0 Å². The zero-order valence-corrected chi connectivity index (χ0v) is 14.3. The smallest absolute Gasteiger partial charge is 0.165 e. The van der Waals surface area contributed by atoms with E-state index < -0.39 is 0 Å². The minimum Gasteiger partial charge on any atom is -0.496 e. The number of nitrogens with one attached hydrogen (secondary N) is 1. The summed E-state index contributed by atoms with van der Waals surface area (Å²) in [7, 11) is 1.68. The third-order valence-electron chi connectivity index (χ3n) is 3.53. The van der Waals surface area contributed by atoms with E-state index in [0.29, 0.717) is 5.92 Å². The molecule has 0 aliphatic heterocycles. The van der Waals surface area contributed by atoms with Crippen LogP contribution in [0.2, 0.25) is 0 Å². The van der Waals surface area contributed by atoms with Crippen LogP contribution in [0.3, 0.4) is 0 Å². The monoisotopic (exact) mass is 395 g/mol. The molecule has 2 aromatic rings. The molecule has 0 atom stereocenters. The second kappa shape index (κ2) is 6.17. The molecular weight excluding hydrogens is 377 g/mol. The van der Waals surface area contributed by atoms with E-state index in [1.807, 2.05) is 24.3 Å². The molecule has 21 heavy (non-hydrogen) atoms. The molecule has 1 aromatic heterocycles. The third-order valence-corrected chi connectivity index (χ3v) is 4.60. The normalized spacial score (nSPS) is 14.0. The minimum absolute atomic E-state index is 0.589. The average Bonchev–Trinajstić information content (AvgIpc) is 3.34. The fourth-order valence-corrected chi connectivity index (χ4v) is 3.20. The summed E-state index contributed by atoms with van der Waals surface area (Å²) in [5.41, 5.74) is 2.11. The number of para-hydroxylation sites is 1. The van der Waals surface area contributed by atoms with Crippen molar-refractivity contribution in [2.45, 2.75) is 25.7 Å². The summed E-state index contributed by atoms with van der Waals surface area (Å²) in [6.07, 6.45) is 2.45. The maximum atomic E-state index is 5.44. The Bertz CT molecular complexity index is 656. The molecule has 1 aromatic carbocycles. The lowest BCUT2D eigenvalue weighted by atomic mass is 10.1. The van der Waals surface area contributed by atoms with Crippen LogP contribution in [0.15, 0.2) is 24.3 Å². The highest BCUT2D eigenvalue weighted by Crippen LogP contribution is 2.43. The quantitative estimate of drug-likeness (QED) is 0.776. The topological polar surface area (TPSA) is 47.0 Å². The van der Waals surface area contributed by atoms with Crippen molar-refractivity contribution < 1.29 is 4.74 Å².